The van der Waals surface area contributed by atoms with Gasteiger partial charge in [0.05, 0.1) is 0 Å². The Balaban J connectivity index is 2.49. The number of hydrogen-bond acceptors (Lipinski definition) is 1. The lowest BCUT2D eigenvalue weighted by atomic mass is 9.67. The molecule has 1 fully saturated rings. The maximum absolute atomic E-state index is 6.22. The van der Waals surface area contributed by atoms with Crippen LogP contribution in [0.15, 0.2) is 18.2 Å². The molecule has 100 valence electrons. The summed E-state index contributed by atoms with van der Waals surface area (Å²) in [5.41, 5.74) is 9.15. The first kappa shape index (κ1) is 13.9. The summed E-state index contributed by atoms with van der Waals surface area (Å²) in [5.74, 6) is 0.530. The van der Waals surface area contributed by atoms with E-state index in [0.717, 1.165) is 11.6 Å². The van der Waals surface area contributed by atoms with Gasteiger partial charge in [0.25, 0.3) is 0 Å². The molecule has 2 N–H and O–H groups in total. The zero-order valence-electron chi connectivity index (χ0n) is 11.5. The molecule has 2 heteroatoms. The van der Waals surface area contributed by atoms with Crippen LogP contribution in [0.5, 0.6) is 0 Å². The molecule has 0 aromatic heterocycles. The molecule has 1 nitrogen and oxygen atoms in total. The van der Waals surface area contributed by atoms with Gasteiger partial charge in [-0.1, -0.05) is 50.8 Å². The highest BCUT2D eigenvalue weighted by Crippen LogP contribution is 2.42. The van der Waals surface area contributed by atoms with E-state index in [2.05, 4.69) is 26.0 Å². The van der Waals surface area contributed by atoms with Crippen molar-refractivity contribution in [3.63, 3.8) is 0 Å². The molecule has 0 aliphatic heterocycles. The van der Waals surface area contributed by atoms with E-state index in [1.807, 2.05) is 6.07 Å². The maximum Gasteiger partial charge on any atom is 0.0409 e. The summed E-state index contributed by atoms with van der Waals surface area (Å²) in [6.45, 7) is 5.24. The molecule has 0 saturated heterocycles. The molecule has 0 atom stereocenters. The van der Waals surface area contributed by atoms with Gasteiger partial charge < -0.3 is 5.73 Å². The van der Waals surface area contributed by atoms with Gasteiger partial charge >= 0.3 is 0 Å². The van der Waals surface area contributed by atoms with Crippen molar-refractivity contribution in [2.45, 2.75) is 57.3 Å². The van der Waals surface area contributed by atoms with E-state index < -0.39 is 0 Å². The largest absolute Gasteiger partial charge is 0.330 e. The van der Waals surface area contributed by atoms with Crippen molar-refractivity contribution < 1.29 is 0 Å². The Morgan fingerprint density at radius 1 is 1.22 bits per heavy atom. The summed E-state index contributed by atoms with van der Waals surface area (Å²) in [7, 11) is 0. The molecular weight excluding hydrogens is 242 g/mol. The fourth-order valence-electron chi connectivity index (χ4n) is 3.30. The molecule has 0 radical (unpaired) electrons. The van der Waals surface area contributed by atoms with Crippen LogP contribution in [0.1, 0.15) is 63.0 Å². The van der Waals surface area contributed by atoms with E-state index in [9.17, 15) is 0 Å². The second kappa shape index (κ2) is 5.63. The summed E-state index contributed by atoms with van der Waals surface area (Å²) in [6, 6.07) is 6.36. The van der Waals surface area contributed by atoms with Crippen LogP contribution in [-0.4, -0.2) is 6.54 Å². The molecule has 0 spiro atoms. The van der Waals surface area contributed by atoms with Crippen molar-refractivity contribution in [2.75, 3.05) is 6.54 Å². The fraction of sp³-hybridized carbons (Fsp3) is 0.625. The lowest BCUT2D eigenvalue weighted by molar-refractivity contribution is 0.298. The fourth-order valence-corrected chi connectivity index (χ4v) is 3.48. The van der Waals surface area contributed by atoms with Crippen molar-refractivity contribution in [1.29, 1.82) is 0 Å². The van der Waals surface area contributed by atoms with E-state index in [1.54, 1.807) is 0 Å². The van der Waals surface area contributed by atoms with Gasteiger partial charge in [0.2, 0.25) is 0 Å². The Hall–Kier alpha value is -0.530. The van der Waals surface area contributed by atoms with Crippen LogP contribution in [0.25, 0.3) is 0 Å². The van der Waals surface area contributed by atoms with E-state index in [4.69, 9.17) is 17.3 Å². The molecule has 0 unspecified atom stereocenters. The van der Waals surface area contributed by atoms with Gasteiger partial charge in [-0.15, -0.1) is 0 Å². The summed E-state index contributed by atoms with van der Waals surface area (Å²) >= 11 is 6.22. The normalized spacial score (nSPS) is 19.2. The maximum atomic E-state index is 6.22. The molecular formula is C16H24ClN. The molecule has 2 rings (SSSR count). The van der Waals surface area contributed by atoms with E-state index in [0.29, 0.717) is 5.92 Å². The summed E-state index contributed by atoms with van der Waals surface area (Å²) in [5, 5.41) is 0.841. The highest BCUT2D eigenvalue weighted by molar-refractivity contribution is 6.30. The summed E-state index contributed by atoms with van der Waals surface area (Å²) in [4.78, 5) is 0. The van der Waals surface area contributed by atoms with Gasteiger partial charge in [-0.25, -0.2) is 0 Å². The van der Waals surface area contributed by atoms with Crippen LogP contribution in [0.3, 0.4) is 0 Å². The van der Waals surface area contributed by atoms with Gasteiger partial charge in [-0.05, 0) is 42.0 Å². The van der Waals surface area contributed by atoms with Gasteiger partial charge in [-0.2, -0.15) is 0 Å². The Bertz CT molecular complexity index is 406. The molecule has 18 heavy (non-hydrogen) atoms. The first-order valence-corrected chi connectivity index (χ1v) is 7.47. The average molecular weight is 266 g/mol. The number of halogens is 1. The summed E-state index contributed by atoms with van der Waals surface area (Å²) in [6.07, 6.45) is 6.36. The zero-order valence-corrected chi connectivity index (χ0v) is 12.3. The van der Waals surface area contributed by atoms with Crippen LogP contribution >= 0.6 is 11.6 Å². The average Bonchev–Trinajstić information content (AvgIpc) is 2.39. The molecule has 0 bridgehead atoms. The number of benzene rings is 1. The van der Waals surface area contributed by atoms with Crippen LogP contribution in [0, 0.1) is 0 Å². The van der Waals surface area contributed by atoms with Gasteiger partial charge in [0.15, 0.2) is 0 Å². The highest BCUT2D eigenvalue weighted by atomic mass is 35.5. The van der Waals surface area contributed by atoms with Gasteiger partial charge in [0.1, 0.15) is 0 Å². The molecule has 0 heterocycles. The molecule has 1 saturated carbocycles. The second-order valence-corrected chi connectivity index (χ2v) is 6.37. The van der Waals surface area contributed by atoms with Crippen molar-refractivity contribution in [3.05, 3.63) is 34.3 Å². The van der Waals surface area contributed by atoms with Gasteiger partial charge in [-0.3, -0.25) is 0 Å². The molecule has 1 aliphatic carbocycles. The minimum atomic E-state index is 0.169. The number of rotatable bonds is 3. The van der Waals surface area contributed by atoms with E-state index in [1.165, 1.54) is 43.2 Å². The third kappa shape index (κ3) is 2.57. The molecule has 1 aromatic carbocycles. The summed E-state index contributed by atoms with van der Waals surface area (Å²) < 4.78 is 0. The number of nitrogens with two attached hydrogens (primary N) is 1. The Morgan fingerprint density at radius 3 is 2.44 bits per heavy atom. The number of hydrogen-bond donors (Lipinski definition) is 1. The third-order valence-corrected chi connectivity index (χ3v) is 4.65. The first-order chi connectivity index (χ1) is 8.59. The first-order valence-electron chi connectivity index (χ1n) is 7.09. The van der Waals surface area contributed by atoms with E-state index >= 15 is 0 Å². The van der Waals surface area contributed by atoms with E-state index in [-0.39, 0.29) is 5.41 Å². The van der Waals surface area contributed by atoms with Crippen LogP contribution in [-0.2, 0) is 5.41 Å². The van der Waals surface area contributed by atoms with Crippen molar-refractivity contribution in [3.8, 4) is 0 Å². The lowest BCUT2D eigenvalue weighted by Gasteiger charge is -2.39. The van der Waals surface area contributed by atoms with Crippen LogP contribution < -0.4 is 5.73 Å². The van der Waals surface area contributed by atoms with Crippen LogP contribution in [0.2, 0.25) is 5.02 Å². The Kier molecular flexibility index (Phi) is 4.34. The minimum absolute atomic E-state index is 0.169. The topological polar surface area (TPSA) is 26.0 Å². The third-order valence-electron chi connectivity index (χ3n) is 4.41. The lowest BCUT2D eigenvalue weighted by Crippen LogP contribution is -2.38. The monoisotopic (exact) mass is 265 g/mol. The predicted octanol–water partition coefficient (Wildman–Crippen LogP) is 4.62. The minimum Gasteiger partial charge on any atom is -0.330 e. The smallest absolute Gasteiger partial charge is 0.0409 e. The van der Waals surface area contributed by atoms with Crippen molar-refractivity contribution in [1.82, 2.24) is 0 Å². The highest BCUT2D eigenvalue weighted by Gasteiger charge is 2.34. The predicted molar refractivity (Wildman–Crippen MR) is 79.4 cm³/mol. The quantitative estimate of drug-likeness (QED) is 0.848. The zero-order chi connectivity index (χ0) is 13.2. The van der Waals surface area contributed by atoms with Gasteiger partial charge in [0, 0.05) is 17.0 Å². The molecule has 1 aliphatic rings. The standard InChI is InChI=1S/C16H24ClN/c1-12(2)14-7-6-13(17)10-15(14)16(11-18)8-4-3-5-9-16/h6-7,10,12H,3-5,8-9,11,18H2,1-2H3. The Morgan fingerprint density at radius 2 is 1.89 bits per heavy atom. The SMILES string of the molecule is CC(C)c1ccc(Cl)cc1C1(CN)CCCCC1. The van der Waals surface area contributed by atoms with Crippen molar-refractivity contribution >= 4 is 11.6 Å². The Labute approximate surface area is 116 Å². The van der Waals surface area contributed by atoms with Crippen LogP contribution in [0.4, 0.5) is 0 Å². The molecule has 0 amide bonds. The molecule has 1 aromatic rings. The second-order valence-electron chi connectivity index (χ2n) is 5.93. The van der Waals surface area contributed by atoms with Crippen molar-refractivity contribution in [2.24, 2.45) is 5.73 Å².